The first-order valence-electron chi connectivity index (χ1n) is 6.20. The van der Waals surface area contributed by atoms with Crippen molar-refractivity contribution in [1.82, 2.24) is 20.0 Å². The predicted molar refractivity (Wildman–Crippen MR) is 72.5 cm³/mol. The van der Waals surface area contributed by atoms with Gasteiger partial charge in [0.15, 0.2) is 0 Å². The SMILES string of the molecule is CCC(N)c1cn(Cc2csc(C(C)C)n2)nn1. The number of rotatable bonds is 5. The van der Waals surface area contributed by atoms with Crippen LogP contribution in [0.15, 0.2) is 11.6 Å². The highest BCUT2D eigenvalue weighted by Gasteiger charge is 2.10. The van der Waals surface area contributed by atoms with Gasteiger partial charge in [-0.05, 0) is 6.42 Å². The van der Waals surface area contributed by atoms with Crippen LogP contribution < -0.4 is 5.73 Å². The van der Waals surface area contributed by atoms with Crippen LogP contribution >= 0.6 is 11.3 Å². The van der Waals surface area contributed by atoms with Crippen molar-refractivity contribution >= 4 is 11.3 Å². The molecule has 0 aliphatic heterocycles. The summed E-state index contributed by atoms with van der Waals surface area (Å²) >= 11 is 1.70. The molecule has 2 aromatic heterocycles. The predicted octanol–water partition coefficient (Wildman–Crippen LogP) is 2.32. The zero-order valence-electron chi connectivity index (χ0n) is 11.0. The summed E-state index contributed by atoms with van der Waals surface area (Å²) in [7, 11) is 0. The van der Waals surface area contributed by atoms with Crippen molar-refractivity contribution in [2.45, 2.75) is 45.7 Å². The molecule has 0 fully saturated rings. The van der Waals surface area contributed by atoms with Gasteiger partial charge in [0.05, 0.1) is 35.2 Å². The van der Waals surface area contributed by atoms with Gasteiger partial charge in [-0.3, -0.25) is 0 Å². The topological polar surface area (TPSA) is 69.6 Å². The Labute approximate surface area is 111 Å². The normalized spacial score (nSPS) is 13.2. The first kappa shape index (κ1) is 13.2. The minimum absolute atomic E-state index is 0.0274. The molecule has 0 saturated carbocycles. The summed E-state index contributed by atoms with van der Waals surface area (Å²) in [6.45, 7) is 7.00. The summed E-state index contributed by atoms with van der Waals surface area (Å²) in [5, 5.41) is 11.4. The van der Waals surface area contributed by atoms with Crippen LogP contribution in [0.2, 0.25) is 0 Å². The van der Waals surface area contributed by atoms with Gasteiger partial charge in [-0.25, -0.2) is 9.67 Å². The molecule has 2 aromatic rings. The second-order valence-electron chi connectivity index (χ2n) is 4.69. The van der Waals surface area contributed by atoms with E-state index in [1.807, 2.05) is 13.1 Å². The van der Waals surface area contributed by atoms with Crippen LogP contribution in [0.3, 0.4) is 0 Å². The van der Waals surface area contributed by atoms with Gasteiger partial charge in [0.2, 0.25) is 0 Å². The lowest BCUT2D eigenvalue weighted by Gasteiger charge is -2.01. The van der Waals surface area contributed by atoms with Gasteiger partial charge in [-0.1, -0.05) is 26.0 Å². The molecule has 0 spiro atoms. The molecule has 2 heterocycles. The molecule has 1 atom stereocenters. The van der Waals surface area contributed by atoms with Crippen LogP contribution in [-0.4, -0.2) is 20.0 Å². The third-order valence-corrected chi connectivity index (χ3v) is 3.96. The summed E-state index contributed by atoms with van der Waals surface area (Å²) in [5.74, 6) is 0.476. The molecule has 2 N–H and O–H groups in total. The number of aromatic nitrogens is 4. The summed E-state index contributed by atoms with van der Waals surface area (Å²) in [4.78, 5) is 4.58. The molecule has 0 aromatic carbocycles. The molecule has 0 aliphatic carbocycles. The fourth-order valence-corrected chi connectivity index (χ4v) is 2.42. The van der Waals surface area contributed by atoms with E-state index in [4.69, 9.17) is 5.73 Å². The highest BCUT2D eigenvalue weighted by Crippen LogP contribution is 2.19. The van der Waals surface area contributed by atoms with Crippen molar-refractivity contribution in [3.05, 3.63) is 28.0 Å². The molecule has 0 bridgehead atoms. The zero-order chi connectivity index (χ0) is 13.1. The van der Waals surface area contributed by atoms with E-state index in [-0.39, 0.29) is 6.04 Å². The highest BCUT2D eigenvalue weighted by molar-refractivity contribution is 7.09. The van der Waals surface area contributed by atoms with Crippen molar-refractivity contribution < 1.29 is 0 Å². The van der Waals surface area contributed by atoms with E-state index in [0.29, 0.717) is 12.5 Å². The number of hydrogen-bond donors (Lipinski definition) is 1. The van der Waals surface area contributed by atoms with Gasteiger partial charge >= 0.3 is 0 Å². The average Bonchev–Trinajstić information content (AvgIpc) is 2.98. The number of nitrogens with zero attached hydrogens (tertiary/aromatic N) is 4. The summed E-state index contributed by atoms with van der Waals surface area (Å²) in [6, 6.07) is -0.0274. The Hall–Kier alpha value is -1.27. The Morgan fingerprint density at radius 1 is 1.44 bits per heavy atom. The molecular weight excluding hydrogens is 246 g/mol. The van der Waals surface area contributed by atoms with E-state index in [1.54, 1.807) is 16.0 Å². The van der Waals surface area contributed by atoms with Gasteiger partial charge in [-0.15, -0.1) is 16.4 Å². The molecule has 0 saturated heterocycles. The Bertz CT molecular complexity index is 502. The number of thiazole rings is 1. The van der Waals surface area contributed by atoms with Crippen LogP contribution in [0, 0.1) is 0 Å². The van der Waals surface area contributed by atoms with E-state index in [0.717, 1.165) is 22.8 Å². The Balaban J connectivity index is 2.06. The minimum Gasteiger partial charge on any atom is -0.323 e. The quantitative estimate of drug-likeness (QED) is 0.900. The Morgan fingerprint density at radius 2 is 2.22 bits per heavy atom. The van der Waals surface area contributed by atoms with Gasteiger partial charge in [0.1, 0.15) is 0 Å². The molecule has 98 valence electrons. The average molecular weight is 265 g/mol. The van der Waals surface area contributed by atoms with Gasteiger partial charge < -0.3 is 5.73 Å². The van der Waals surface area contributed by atoms with Crippen LogP contribution in [0.5, 0.6) is 0 Å². The molecule has 6 heteroatoms. The zero-order valence-corrected chi connectivity index (χ0v) is 11.8. The van der Waals surface area contributed by atoms with Crippen LogP contribution in [0.4, 0.5) is 0 Å². The van der Waals surface area contributed by atoms with Gasteiger partial charge in [-0.2, -0.15) is 0 Å². The maximum absolute atomic E-state index is 5.92. The maximum Gasteiger partial charge on any atom is 0.0994 e. The summed E-state index contributed by atoms with van der Waals surface area (Å²) < 4.78 is 1.80. The summed E-state index contributed by atoms with van der Waals surface area (Å²) in [5.41, 5.74) is 7.79. The van der Waals surface area contributed by atoms with E-state index < -0.39 is 0 Å². The first-order valence-corrected chi connectivity index (χ1v) is 7.08. The van der Waals surface area contributed by atoms with Crippen molar-refractivity contribution in [2.75, 3.05) is 0 Å². The minimum atomic E-state index is -0.0274. The van der Waals surface area contributed by atoms with Crippen LogP contribution in [0.1, 0.15) is 55.5 Å². The molecule has 1 unspecified atom stereocenters. The van der Waals surface area contributed by atoms with Crippen molar-refractivity contribution in [3.63, 3.8) is 0 Å². The monoisotopic (exact) mass is 265 g/mol. The fourth-order valence-electron chi connectivity index (χ4n) is 1.60. The Morgan fingerprint density at radius 3 is 2.83 bits per heavy atom. The van der Waals surface area contributed by atoms with E-state index in [9.17, 15) is 0 Å². The second kappa shape index (κ2) is 5.58. The van der Waals surface area contributed by atoms with Gasteiger partial charge in [0, 0.05) is 11.3 Å². The third-order valence-electron chi connectivity index (χ3n) is 2.76. The maximum atomic E-state index is 5.92. The van der Waals surface area contributed by atoms with Crippen LogP contribution in [-0.2, 0) is 6.54 Å². The Kier molecular flexibility index (Phi) is 4.08. The standard InChI is InChI=1S/C12H19N5S/c1-4-10(13)11-6-17(16-15-11)5-9-7-18-12(14-9)8(2)3/h6-8,10H,4-5,13H2,1-3H3. The molecule has 0 radical (unpaired) electrons. The van der Waals surface area contributed by atoms with E-state index >= 15 is 0 Å². The van der Waals surface area contributed by atoms with Crippen molar-refractivity contribution in [3.8, 4) is 0 Å². The fraction of sp³-hybridized carbons (Fsp3) is 0.583. The highest BCUT2D eigenvalue weighted by atomic mass is 32.1. The first-order chi connectivity index (χ1) is 8.60. The molecule has 2 rings (SSSR count). The van der Waals surface area contributed by atoms with Crippen molar-refractivity contribution in [2.24, 2.45) is 5.73 Å². The lowest BCUT2D eigenvalue weighted by Crippen LogP contribution is -2.08. The number of hydrogen-bond acceptors (Lipinski definition) is 5. The second-order valence-corrected chi connectivity index (χ2v) is 5.58. The lowest BCUT2D eigenvalue weighted by atomic mass is 10.2. The van der Waals surface area contributed by atoms with Crippen LogP contribution in [0.25, 0.3) is 0 Å². The van der Waals surface area contributed by atoms with E-state index in [2.05, 4.69) is 34.5 Å². The molecular formula is C12H19N5S. The van der Waals surface area contributed by atoms with Crippen molar-refractivity contribution in [1.29, 1.82) is 0 Å². The molecule has 0 aliphatic rings. The van der Waals surface area contributed by atoms with E-state index in [1.165, 1.54) is 0 Å². The molecule has 18 heavy (non-hydrogen) atoms. The molecule has 0 amide bonds. The lowest BCUT2D eigenvalue weighted by molar-refractivity contribution is 0.635. The molecule has 5 nitrogen and oxygen atoms in total. The van der Waals surface area contributed by atoms with Gasteiger partial charge in [0.25, 0.3) is 0 Å². The third kappa shape index (κ3) is 2.94. The smallest absolute Gasteiger partial charge is 0.0994 e. The largest absolute Gasteiger partial charge is 0.323 e. The number of nitrogens with two attached hydrogens (primary N) is 1. The summed E-state index contributed by atoms with van der Waals surface area (Å²) in [6.07, 6.45) is 2.77.